The second kappa shape index (κ2) is 3.96. The highest BCUT2D eigenvalue weighted by Crippen LogP contribution is 2.28. The molecule has 1 saturated heterocycles. The molecule has 2 rings (SSSR count). The van der Waals surface area contributed by atoms with E-state index in [4.69, 9.17) is 0 Å². The molecule has 0 aliphatic carbocycles. The van der Waals surface area contributed by atoms with Crippen LogP contribution in [0.2, 0.25) is 0 Å². The second-order valence-corrected chi connectivity index (χ2v) is 3.98. The average Bonchev–Trinajstić information content (AvgIpc) is 2.20. The molecule has 0 spiro atoms. The van der Waals surface area contributed by atoms with Crippen LogP contribution in [0.5, 0.6) is 0 Å². The van der Waals surface area contributed by atoms with Crippen LogP contribution in [0, 0.1) is 0 Å². The Morgan fingerprint density at radius 1 is 1.43 bits per heavy atom. The van der Waals surface area contributed by atoms with Crippen molar-refractivity contribution >= 4 is 0 Å². The lowest BCUT2D eigenvalue weighted by molar-refractivity contribution is 0.187. The number of nitrogens with zero attached hydrogens (tertiary/aromatic N) is 1. The number of aromatic amines is 1. The van der Waals surface area contributed by atoms with E-state index in [2.05, 4.69) is 16.9 Å². The SMILES string of the molecule is CN1CCCCC1c1ccc(=O)[nH]c1. The van der Waals surface area contributed by atoms with Crippen molar-refractivity contribution < 1.29 is 0 Å². The molecule has 1 aromatic rings. The summed E-state index contributed by atoms with van der Waals surface area (Å²) in [5.41, 5.74) is 1.21. The minimum Gasteiger partial charge on any atom is -0.329 e. The third-order valence-electron chi connectivity index (χ3n) is 2.96. The molecule has 3 nitrogen and oxygen atoms in total. The molecule has 76 valence electrons. The van der Waals surface area contributed by atoms with Crippen molar-refractivity contribution in [1.29, 1.82) is 0 Å². The van der Waals surface area contributed by atoms with Crippen molar-refractivity contribution in [1.82, 2.24) is 9.88 Å². The van der Waals surface area contributed by atoms with Gasteiger partial charge in [-0.1, -0.05) is 12.5 Å². The van der Waals surface area contributed by atoms with Gasteiger partial charge in [-0.05, 0) is 32.0 Å². The van der Waals surface area contributed by atoms with Gasteiger partial charge in [-0.25, -0.2) is 0 Å². The Kier molecular flexibility index (Phi) is 2.68. The van der Waals surface area contributed by atoms with E-state index in [9.17, 15) is 4.79 Å². The van der Waals surface area contributed by atoms with Crippen LogP contribution in [0.15, 0.2) is 23.1 Å². The summed E-state index contributed by atoms with van der Waals surface area (Å²) in [5.74, 6) is 0. The molecule has 0 radical (unpaired) electrons. The summed E-state index contributed by atoms with van der Waals surface area (Å²) in [6.45, 7) is 1.16. The summed E-state index contributed by atoms with van der Waals surface area (Å²) in [6.07, 6.45) is 5.61. The van der Waals surface area contributed by atoms with Crippen molar-refractivity contribution in [3.63, 3.8) is 0 Å². The zero-order valence-electron chi connectivity index (χ0n) is 8.49. The topological polar surface area (TPSA) is 36.1 Å². The van der Waals surface area contributed by atoms with Crippen LogP contribution in [-0.2, 0) is 0 Å². The minimum atomic E-state index is -0.0211. The van der Waals surface area contributed by atoms with E-state index in [1.165, 1.54) is 24.8 Å². The summed E-state index contributed by atoms with van der Waals surface area (Å²) in [4.78, 5) is 16.0. The van der Waals surface area contributed by atoms with Crippen molar-refractivity contribution in [3.05, 3.63) is 34.2 Å². The van der Waals surface area contributed by atoms with Crippen molar-refractivity contribution in [3.8, 4) is 0 Å². The number of likely N-dealkylation sites (tertiary alicyclic amines) is 1. The molecule has 3 heteroatoms. The number of pyridine rings is 1. The van der Waals surface area contributed by atoms with E-state index in [0.29, 0.717) is 6.04 Å². The summed E-state index contributed by atoms with van der Waals surface area (Å²) in [6, 6.07) is 4.03. The summed E-state index contributed by atoms with van der Waals surface area (Å²) in [7, 11) is 2.15. The van der Waals surface area contributed by atoms with Gasteiger partial charge < -0.3 is 4.98 Å². The van der Waals surface area contributed by atoms with Gasteiger partial charge in [0.15, 0.2) is 0 Å². The largest absolute Gasteiger partial charge is 0.329 e. The Morgan fingerprint density at radius 2 is 2.29 bits per heavy atom. The molecule has 2 heterocycles. The predicted octanol–water partition coefficient (Wildman–Crippen LogP) is 1.53. The first-order valence-electron chi connectivity index (χ1n) is 5.16. The molecular formula is C11H16N2O. The maximum Gasteiger partial charge on any atom is 0.247 e. The van der Waals surface area contributed by atoms with Gasteiger partial charge in [-0.15, -0.1) is 0 Å². The third kappa shape index (κ3) is 1.87. The Morgan fingerprint density at radius 3 is 2.93 bits per heavy atom. The molecule has 1 aliphatic rings. The number of nitrogens with one attached hydrogen (secondary N) is 1. The van der Waals surface area contributed by atoms with Gasteiger partial charge in [-0.2, -0.15) is 0 Å². The molecule has 1 fully saturated rings. The lowest BCUT2D eigenvalue weighted by Crippen LogP contribution is -2.29. The maximum atomic E-state index is 10.9. The zero-order chi connectivity index (χ0) is 9.97. The summed E-state index contributed by atoms with van der Waals surface area (Å²) < 4.78 is 0. The maximum absolute atomic E-state index is 10.9. The lowest BCUT2D eigenvalue weighted by Gasteiger charge is -2.32. The minimum absolute atomic E-state index is 0.0211. The molecule has 0 amide bonds. The number of hydrogen-bond acceptors (Lipinski definition) is 2. The molecule has 1 N–H and O–H groups in total. The van der Waals surface area contributed by atoms with Gasteiger partial charge in [0.2, 0.25) is 5.56 Å². The monoisotopic (exact) mass is 192 g/mol. The number of rotatable bonds is 1. The quantitative estimate of drug-likeness (QED) is 0.732. The van der Waals surface area contributed by atoms with E-state index in [1.54, 1.807) is 6.07 Å². The molecule has 14 heavy (non-hydrogen) atoms. The van der Waals surface area contributed by atoms with Crippen molar-refractivity contribution in [2.45, 2.75) is 25.3 Å². The summed E-state index contributed by atoms with van der Waals surface area (Å²) >= 11 is 0. The fourth-order valence-corrected chi connectivity index (χ4v) is 2.13. The molecule has 0 saturated carbocycles. The van der Waals surface area contributed by atoms with Gasteiger partial charge in [0.05, 0.1) is 0 Å². The number of piperidine rings is 1. The fourth-order valence-electron chi connectivity index (χ4n) is 2.13. The lowest BCUT2D eigenvalue weighted by atomic mass is 9.97. The highest BCUT2D eigenvalue weighted by Gasteiger charge is 2.20. The molecule has 1 atom stereocenters. The molecule has 1 aromatic heterocycles. The Balaban J connectivity index is 2.20. The van der Waals surface area contributed by atoms with E-state index >= 15 is 0 Å². The van der Waals surface area contributed by atoms with Crippen molar-refractivity contribution in [2.24, 2.45) is 0 Å². The summed E-state index contributed by atoms with van der Waals surface area (Å²) in [5, 5.41) is 0. The molecule has 1 unspecified atom stereocenters. The van der Waals surface area contributed by atoms with Crippen LogP contribution in [0.1, 0.15) is 30.9 Å². The number of H-pyrrole nitrogens is 1. The van der Waals surface area contributed by atoms with E-state index in [1.807, 2.05) is 12.3 Å². The van der Waals surface area contributed by atoms with Crippen LogP contribution < -0.4 is 5.56 Å². The third-order valence-corrected chi connectivity index (χ3v) is 2.96. The smallest absolute Gasteiger partial charge is 0.247 e. The van der Waals surface area contributed by atoms with Crippen LogP contribution in [-0.4, -0.2) is 23.5 Å². The first-order chi connectivity index (χ1) is 6.77. The standard InChI is InChI=1S/C11H16N2O/c1-13-7-3-2-4-10(13)9-5-6-11(14)12-8-9/h5-6,8,10H,2-4,7H2,1H3,(H,12,14). The fraction of sp³-hybridized carbons (Fsp3) is 0.545. The van der Waals surface area contributed by atoms with E-state index in [-0.39, 0.29) is 5.56 Å². The Bertz CT molecular complexity index is 338. The Labute approximate surface area is 83.8 Å². The Hall–Kier alpha value is -1.09. The molecule has 1 aliphatic heterocycles. The predicted molar refractivity (Wildman–Crippen MR) is 56.3 cm³/mol. The zero-order valence-corrected chi connectivity index (χ0v) is 8.49. The van der Waals surface area contributed by atoms with Gasteiger partial charge in [0.25, 0.3) is 0 Å². The van der Waals surface area contributed by atoms with E-state index < -0.39 is 0 Å². The van der Waals surface area contributed by atoms with Gasteiger partial charge in [-0.3, -0.25) is 9.69 Å². The molecular weight excluding hydrogens is 176 g/mol. The van der Waals surface area contributed by atoms with Crippen LogP contribution in [0.25, 0.3) is 0 Å². The molecule has 0 aromatic carbocycles. The first-order valence-corrected chi connectivity index (χ1v) is 5.16. The van der Waals surface area contributed by atoms with Gasteiger partial charge in [0.1, 0.15) is 0 Å². The van der Waals surface area contributed by atoms with Crippen LogP contribution in [0.3, 0.4) is 0 Å². The van der Waals surface area contributed by atoms with Gasteiger partial charge in [0, 0.05) is 18.3 Å². The number of aromatic nitrogens is 1. The van der Waals surface area contributed by atoms with Crippen molar-refractivity contribution in [2.75, 3.05) is 13.6 Å². The number of hydrogen-bond donors (Lipinski definition) is 1. The van der Waals surface area contributed by atoms with Crippen LogP contribution in [0.4, 0.5) is 0 Å². The second-order valence-electron chi connectivity index (χ2n) is 3.98. The normalized spacial score (nSPS) is 23.6. The van der Waals surface area contributed by atoms with Gasteiger partial charge >= 0.3 is 0 Å². The first kappa shape index (κ1) is 9.46. The highest BCUT2D eigenvalue weighted by atomic mass is 16.1. The van der Waals surface area contributed by atoms with Crippen LogP contribution >= 0.6 is 0 Å². The molecule has 0 bridgehead atoms. The highest BCUT2D eigenvalue weighted by molar-refractivity contribution is 5.14. The van der Waals surface area contributed by atoms with E-state index in [0.717, 1.165) is 6.54 Å². The average molecular weight is 192 g/mol.